The standard InChI is InChI=1S/C58H45N7/c1-36(2)44-31-39(38-17-6-5-7-18-38)32-45(37(3)4)56(44)61-30-29-59-57(61)64-50-25-12-9-22-43(50)47-34-46-42-21-8-11-24-49(42)62(54(46)35-55(47)64)40-19-16-20-41(33-40)63-52-27-14-15-28-53(52)65-51-26-13-10-23-48(51)60-58(63)65/h5-37H,1-4H3. The molecule has 0 saturated carbocycles. The van der Waals surface area contributed by atoms with E-state index in [2.05, 4.69) is 232 Å². The van der Waals surface area contributed by atoms with Crippen LogP contribution in [0.25, 0.3) is 106 Å². The maximum Gasteiger partial charge on any atom is 0.220 e. The Bertz CT molecular complexity index is 3990. The van der Waals surface area contributed by atoms with Crippen molar-refractivity contribution in [3.05, 3.63) is 199 Å². The minimum absolute atomic E-state index is 0.277. The quantitative estimate of drug-likeness (QED) is 0.161. The largest absolute Gasteiger partial charge is 0.309 e. The molecule has 65 heavy (non-hydrogen) atoms. The number of benzene rings is 8. The van der Waals surface area contributed by atoms with E-state index in [1.54, 1.807) is 0 Å². The molecule has 5 aromatic heterocycles. The Kier molecular flexibility index (Phi) is 8.16. The fraction of sp³-hybridized carbons (Fsp3) is 0.103. The molecule has 7 nitrogen and oxygen atoms in total. The first-order chi connectivity index (χ1) is 31.9. The number of rotatable bonds is 7. The number of hydrogen-bond donors (Lipinski definition) is 0. The molecule has 0 bridgehead atoms. The molecule has 0 aliphatic rings. The van der Waals surface area contributed by atoms with Gasteiger partial charge in [-0.2, -0.15) is 0 Å². The van der Waals surface area contributed by atoms with Crippen LogP contribution in [0.4, 0.5) is 0 Å². The average Bonchev–Trinajstić information content (AvgIpc) is 4.16. The Morgan fingerprint density at radius 1 is 0.415 bits per heavy atom. The maximum atomic E-state index is 5.23. The van der Waals surface area contributed by atoms with Crippen LogP contribution in [0.2, 0.25) is 0 Å². The van der Waals surface area contributed by atoms with Crippen molar-refractivity contribution in [1.82, 2.24) is 32.6 Å². The van der Waals surface area contributed by atoms with Crippen LogP contribution in [0.1, 0.15) is 50.7 Å². The number of para-hydroxylation sites is 6. The molecule has 312 valence electrons. The molecule has 0 unspecified atom stereocenters. The fourth-order valence-corrected chi connectivity index (χ4v) is 10.6. The van der Waals surface area contributed by atoms with Crippen molar-refractivity contribution >= 4 is 71.5 Å². The van der Waals surface area contributed by atoms with E-state index in [0.717, 1.165) is 67.2 Å². The number of fused-ring (bicyclic) bond motifs is 11. The third-order valence-electron chi connectivity index (χ3n) is 13.5. The van der Waals surface area contributed by atoms with Gasteiger partial charge in [0.1, 0.15) is 0 Å². The summed E-state index contributed by atoms with van der Waals surface area (Å²) in [4.78, 5) is 10.4. The molecule has 0 spiro atoms. The molecular formula is C58H45N7. The topological polar surface area (TPSA) is 49.9 Å². The Balaban J connectivity index is 1.06. The predicted molar refractivity (Wildman–Crippen MR) is 269 cm³/mol. The first kappa shape index (κ1) is 37.4. The first-order valence-electron chi connectivity index (χ1n) is 22.6. The summed E-state index contributed by atoms with van der Waals surface area (Å²) in [6.45, 7) is 9.21. The highest BCUT2D eigenvalue weighted by Crippen LogP contribution is 2.42. The normalized spacial score (nSPS) is 12.3. The molecule has 0 aliphatic carbocycles. The van der Waals surface area contributed by atoms with Gasteiger partial charge < -0.3 is 4.57 Å². The van der Waals surface area contributed by atoms with Crippen molar-refractivity contribution < 1.29 is 0 Å². The number of hydrogen-bond acceptors (Lipinski definition) is 2. The molecule has 0 aliphatic heterocycles. The van der Waals surface area contributed by atoms with Crippen molar-refractivity contribution in [1.29, 1.82) is 0 Å². The van der Waals surface area contributed by atoms with Crippen LogP contribution in [0.5, 0.6) is 0 Å². The second-order valence-corrected chi connectivity index (χ2v) is 17.9. The average molecular weight is 840 g/mol. The molecule has 0 fully saturated rings. The highest BCUT2D eigenvalue weighted by molar-refractivity contribution is 6.19. The summed E-state index contributed by atoms with van der Waals surface area (Å²) < 4.78 is 11.7. The highest BCUT2D eigenvalue weighted by atomic mass is 15.2. The third kappa shape index (κ3) is 5.48. The summed E-state index contributed by atoms with van der Waals surface area (Å²) in [5.41, 5.74) is 17.2. The van der Waals surface area contributed by atoms with E-state index in [9.17, 15) is 0 Å². The zero-order chi connectivity index (χ0) is 43.5. The monoisotopic (exact) mass is 839 g/mol. The van der Waals surface area contributed by atoms with Gasteiger partial charge in [0.25, 0.3) is 0 Å². The van der Waals surface area contributed by atoms with Crippen molar-refractivity contribution in [3.63, 3.8) is 0 Å². The van der Waals surface area contributed by atoms with E-state index in [1.807, 2.05) is 6.20 Å². The molecule has 7 heteroatoms. The maximum absolute atomic E-state index is 5.23. The van der Waals surface area contributed by atoms with E-state index >= 15 is 0 Å². The van der Waals surface area contributed by atoms with Crippen LogP contribution in [0, 0.1) is 0 Å². The zero-order valence-corrected chi connectivity index (χ0v) is 36.7. The van der Waals surface area contributed by atoms with Gasteiger partial charge in [0.15, 0.2) is 0 Å². The molecule has 0 saturated heterocycles. The zero-order valence-electron chi connectivity index (χ0n) is 36.7. The van der Waals surface area contributed by atoms with E-state index in [4.69, 9.17) is 9.97 Å². The lowest BCUT2D eigenvalue weighted by Crippen LogP contribution is -2.11. The predicted octanol–water partition coefficient (Wildman–Crippen LogP) is 14.7. The van der Waals surface area contributed by atoms with Gasteiger partial charge in [-0.3, -0.25) is 18.1 Å². The molecule has 0 N–H and O–H groups in total. The van der Waals surface area contributed by atoms with E-state index in [1.165, 1.54) is 49.5 Å². The van der Waals surface area contributed by atoms with Crippen molar-refractivity contribution in [2.45, 2.75) is 39.5 Å². The molecule has 13 aromatic rings. The Labute approximate surface area is 375 Å². The summed E-state index contributed by atoms with van der Waals surface area (Å²) in [6.07, 6.45) is 4.11. The molecule has 8 aromatic carbocycles. The van der Waals surface area contributed by atoms with Gasteiger partial charge in [0.05, 0.1) is 55.5 Å². The summed E-state index contributed by atoms with van der Waals surface area (Å²) in [5.74, 6) is 2.31. The number of aromatic nitrogens is 7. The molecule has 5 heterocycles. The number of nitrogens with zero attached hydrogens (tertiary/aromatic N) is 7. The van der Waals surface area contributed by atoms with Crippen LogP contribution in [0.3, 0.4) is 0 Å². The SMILES string of the molecule is CC(C)c1cc(-c2ccccc2)cc(C(C)C)c1-n1ccnc1-n1c2ccccc2c2cc3c4ccccc4n(-c4cccc(-n5c6ccccc6n6c7ccccc7nc56)c4)c3cc21. The van der Waals surface area contributed by atoms with Crippen LogP contribution in [-0.4, -0.2) is 32.6 Å². The van der Waals surface area contributed by atoms with Gasteiger partial charge in [0.2, 0.25) is 11.7 Å². The summed E-state index contributed by atoms with van der Waals surface area (Å²) in [7, 11) is 0. The Morgan fingerprint density at radius 3 is 1.68 bits per heavy atom. The van der Waals surface area contributed by atoms with Gasteiger partial charge in [-0.1, -0.05) is 125 Å². The van der Waals surface area contributed by atoms with Crippen LogP contribution < -0.4 is 0 Å². The van der Waals surface area contributed by atoms with Gasteiger partial charge in [-0.15, -0.1) is 0 Å². The van der Waals surface area contributed by atoms with Crippen LogP contribution >= 0.6 is 0 Å². The van der Waals surface area contributed by atoms with Gasteiger partial charge in [-0.25, -0.2) is 9.97 Å². The minimum atomic E-state index is 0.277. The van der Waals surface area contributed by atoms with Crippen LogP contribution in [-0.2, 0) is 0 Å². The minimum Gasteiger partial charge on any atom is -0.309 e. The second-order valence-electron chi connectivity index (χ2n) is 17.9. The number of imidazole rings is 3. The second kappa shape index (κ2) is 14.2. The van der Waals surface area contributed by atoms with E-state index < -0.39 is 0 Å². The van der Waals surface area contributed by atoms with Crippen molar-refractivity contribution in [2.75, 3.05) is 0 Å². The van der Waals surface area contributed by atoms with E-state index in [0.29, 0.717) is 0 Å². The van der Waals surface area contributed by atoms with E-state index in [-0.39, 0.29) is 11.8 Å². The lowest BCUT2D eigenvalue weighted by Gasteiger charge is -2.24. The molecular weight excluding hydrogens is 795 g/mol. The third-order valence-corrected chi connectivity index (χ3v) is 13.5. The van der Waals surface area contributed by atoms with Crippen molar-refractivity contribution in [2.24, 2.45) is 0 Å². The van der Waals surface area contributed by atoms with Crippen LogP contribution in [0.15, 0.2) is 188 Å². The van der Waals surface area contributed by atoms with Gasteiger partial charge in [0, 0.05) is 39.6 Å². The van der Waals surface area contributed by atoms with Gasteiger partial charge >= 0.3 is 0 Å². The van der Waals surface area contributed by atoms with Crippen molar-refractivity contribution in [3.8, 4) is 34.1 Å². The molecule has 0 atom stereocenters. The highest BCUT2D eigenvalue weighted by Gasteiger charge is 2.25. The molecule has 13 rings (SSSR count). The van der Waals surface area contributed by atoms with Gasteiger partial charge in [-0.05, 0) is 113 Å². The molecule has 0 amide bonds. The first-order valence-corrected chi connectivity index (χ1v) is 22.6. The lowest BCUT2D eigenvalue weighted by atomic mass is 9.88. The fourth-order valence-electron chi connectivity index (χ4n) is 10.6. The summed E-state index contributed by atoms with van der Waals surface area (Å²) >= 11 is 0. The summed E-state index contributed by atoms with van der Waals surface area (Å²) in [6, 6.07) is 63.8. The summed E-state index contributed by atoms with van der Waals surface area (Å²) in [5, 5.41) is 4.81. The Morgan fingerprint density at radius 2 is 0.985 bits per heavy atom. The smallest absolute Gasteiger partial charge is 0.220 e. The molecule has 0 radical (unpaired) electrons. The lowest BCUT2D eigenvalue weighted by molar-refractivity contribution is 0.797. The Hall–Kier alpha value is -8.16.